The fraction of sp³-hybridized carbons (Fsp3) is 0.280. The molecule has 0 radical (unpaired) electrons. The number of nitrogens with zero attached hydrogens (tertiary/aromatic N) is 1. The zero-order valence-corrected chi connectivity index (χ0v) is 16.6. The zero-order valence-electron chi connectivity index (χ0n) is 16.6. The van der Waals surface area contributed by atoms with Crippen molar-refractivity contribution in [3.05, 3.63) is 101 Å². The summed E-state index contributed by atoms with van der Waals surface area (Å²) in [6.45, 7) is 0.666. The second kappa shape index (κ2) is 9.37. The van der Waals surface area contributed by atoms with E-state index in [0.717, 1.165) is 17.5 Å². The third kappa shape index (κ3) is 4.83. The van der Waals surface area contributed by atoms with Crippen molar-refractivity contribution in [2.75, 3.05) is 6.54 Å². The molecule has 0 aliphatic heterocycles. The molecule has 1 aliphatic rings. The van der Waals surface area contributed by atoms with Crippen LogP contribution in [0.15, 0.2) is 79.1 Å². The number of hydrogen-bond donors (Lipinski definition) is 2. The topological polar surface area (TPSA) is 54.0 Å². The second-order valence-corrected chi connectivity index (χ2v) is 7.61. The number of pyridine rings is 1. The van der Waals surface area contributed by atoms with Gasteiger partial charge in [-0.15, -0.1) is 0 Å². The van der Waals surface area contributed by atoms with Crippen molar-refractivity contribution < 1.29 is 4.79 Å². The molecule has 2 unspecified atom stereocenters. The molecule has 2 aromatic carbocycles. The molecular formula is C25H27N3O. The predicted molar refractivity (Wildman–Crippen MR) is 116 cm³/mol. The molecule has 2 atom stereocenters. The van der Waals surface area contributed by atoms with E-state index in [-0.39, 0.29) is 12.1 Å². The molecule has 0 saturated carbocycles. The molecule has 1 aliphatic carbocycles. The lowest BCUT2D eigenvalue weighted by molar-refractivity contribution is 0.238. The zero-order chi connectivity index (χ0) is 19.9. The summed E-state index contributed by atoms with van der Waals surface area (Å²) >= 11 is 0. The Labute approximate surface area is 172 Å². The number of aryl methyl sites for hydroxylation is 1. The van der Waals surface area contributed by atoms with Gasteiger partial charge in [0.1, 0.15) is 0 Å². The third-order valence-electron chi connectivity index (χ3n) is 5.70. The van der Waals surface area contributed by atoms with Gasteiger partial charge in [-0.25, -0.2) is 4.79 Å². The van der Waals surface area contributed by atoms with E-state index in [1.165, 1.54) is 30.4 Å². The number of carbonyl (C=O) groups excluding carboxylic acids is 1. The Hall–Kier alpha value is -3.14. The smallest absolute Gasteiger partial charge is 0.315 e. The quantitative estimate of drug-likeness (QED) is 0.629. The molecule has 0 fully saturated rings. The maximum Gasteiger partial charge on any atom is 0.315 e. The summed E-state index contributed by atoms with van der Waals surface area (Å²) in [5, 5.41) is 6.18. The van der Waals surface area contributed by atoms with Crippen molar-refractivity contribution in [2.24, 2.45) is 0 Å². The Balaban J connectivity index is 1.37. The summed E-state index contributed by atoms with van der Waals surface area (Å²) in [6.07, 6.45) is 8.11. The summed E-state index contributed by atoms with van der Waals surface area (Å²) in [5.74, 6) is 0.531. The van der Waals surface area contributed by atoms with E-state index in [0.29, 0.717) is 12.5 Å². The molecule has 2 amide bonds. The fourth-order valence-corrected chi connectivity index (χ4v) is 4.25. The van der Waals surface area contributed by atoms with E-state index in [9.17, 15) is 4.79 Å². The molecule has 29 heavy (non-hydrogen) atoms. The Kier molecular flexibility index (Phi) is 6.20. The number of nitrogens with one attached hydrogen (secondary N) is 2. The van der Waals surface area contributed by atoms with Gasteiger partial charge >= 0.3 is 6.03 Å². The van der Waals surface area contributed by atoms with Gasteiger partial charge in [0, 0.05) is 18.9 Å². The standard InChI is InChI=1S/C25H27N3O/c29-25(27-17-15-20-12-6-11-19-8-4-5-14-23(19)20)28-24(21-9-2-1-3-10-21)22-13-7-16-26-18-22/h1-5,7-10,13-14,16,18,20,24H,6,11-12,15,17H2,(H2,27,28,29). The van der Waals surface area contributed by atoms with E-state index in [2.05, 4.69) is 39.9 Å². The van der Waals surface area contributed by atoms with Crippen LogP contribution in [0.2, 0.25) is 0 Å². The molecular weight excluding hydrogens is 358 g/mol. The van der Waals surface area contributed by atoms with Crippen molar-refractivity contribution in [1.29, 1.82) is 0 Å². The van der Waals surface area contributed by atoms with Gasteiger partial charge in [-0.05, 0) is 59.9 Å². The number of rotatable bonds is 6. The van der Waals surface area contributed by atoms with Gasteiger partial charge in [-0.2, -0.15) is 0 Å². The number of urea groups is 1. The van der Waals surface area contributed by atoms with Crippen LogP contribution in [0, 0.1) is 0 Å². The predicted octanol–water partition coefficient (Wildman–Crippen LogP) is 4.98. The van der Waals surface area contributed by atoms with Crippen molar-refractivity contribution in [3.8, 4) is 0 Å². The molecule has 3 aromatic rings. The van der Waals surface area contributed by atoms with E-state index in [1.807, 2.05) is 42.5 Å². The first-order valence-corrected chi connectivity index (χ1v) is 10.4. The molecule has 0 saturated heterocycles. The Bertz CT molecular complexity index is 888. The molecule has 4 nitrogen and oxygen atoms in total. The maximum absolute atomic E-state index is 12.6. The molecule has 4 rings (SSSR count). The summed E-state index contributed by atoms with van der Waals surface area (Å²) in [5.41, 5.74) is 4.93. The molecule has 2 N–H and O–H groups in total. The summed E-state index contributed by atoms with van der Waals surface area (Å²) in [6, 6.07) is 22.2. The van der Waals surface area contributed by atoms with Crippen LogP contribution in [0.3, 0.4) is 0 Å². The van der Waals surface area contributed by atoms with Crippen LogP contribution in [0.1, 0.15) is 53.5 Å². The van der Waals surface area contributed by atoms with E-state index in [1.54, 1.807) is 12.4 Å². The number of amides is 2. The number of carbonyl (C=O) groups is 1. The van der Waals surface area contributed by atoms with Crippen LogP contribution < -0.4 is 10.6 Å². The molecule has 1 heterocycles. The molecule has 4 heteroatoms. The summed E-state index contributed by atoms with van der Waals surface area (Å²) < 4.78 is 0. The van der Waals surface area contributed by atoms with Crippen LogP contribution in [0.4, 0.5) is 4.79 Å². The monoisotopic (exact) mass is 385 g/mol. The number of fused-ring (bicyclic) bond motifs is 1. The van der Waals surface area contributed by atoms with Crippen LogP contribution in [-0.4, -0.2) is 17.6 Å². The first kappa shape index (κ1) is 19.2. The van der Waals surface area contributed by atoms with E-state index in [4.69, 9.17) is 0 Å². The average Bonchev–Trinajstić information content (AvgIpc) is 2.79. The van der Waals surface area contributed by atoms with Crippen molar-refractivity contribution >= 4 is 6.03 Å². The molecule has 148 valence electrons. The van der Waals surface area contributed by atoms with Gasteiger partial charge in [0.2, 0.25) is 0 Å². The van der Waals surface area contributed by atoms with Gasteiger partial charge in [-0.3, -0.25) is 4.98 Å². The molecule has 1 aromatic heterocycles. The summed E-state index contributed by atoms with van der Waals surface area (Å²) in [7, 11) is 0. The minimum Gasteiger partial charge on any atom is -0.338 e. The van der Waals surface area contributed by atoms with Gasteiger partial charge in [0.15, 0.2) is 0 Å². The molecule has 0 spiro atoms. The highest BCUT2D eigenvalue weighted by Gasteiger charge is 2.20. The second-order valence-electron chi connectivity index (χ2n) is 7.61. The highest BCUT2D eigenvalue weighted by molar-refractivity contribution is 5.75. The van der Waals surface area contributed by atoms with Crippen LogP contribution in [0.5, 0.6) is 0 Å². The number of aromatic nitrogens is 1. The minimum atomic E-state index is -0.222. The van der Waals surface area contributed by atoms with Crippen molar-refractivity contribution in [2.45, 2.75) is 37.6 Å². The third-order valence-corrected chi connectivity index (χ3v) is 5.70. The van der Waals surface area contributed by atoms with Gasteiger partial charge in [-0.1, -0.05) is 60.7 Å². The largest absolute Gasteiger partial charge is 0.338 e. The van der Waals surface area contributed by atoms with Crippen molar-refractivity contribution in [1.82, 2.24) is 15.6 Å². The van der Waals surface area contributed by atoms with Crippen LogP contribution in [-0.2, 0) is 6.42 Å². The Morgan fingerprint density at radius 2 is 1.79 bits per heavy atom. The van der Waals surface area contributed by atoms with Crippen LogP contribution in [0.25, 0.3) is 0 Å². The lowest BCUT2D eigenvalue weighted by atomic mass is 9.81. The number of benzene rings is 2. The highest BCUT2D eigenvalue weighted by atomic mass is 16.2. The van der Waals surface area contributed by atoms with Gasteiger partial charge < -0.3 is 10.6 Å². The first-order valence-electron chi connectivity index (χ1n) is 10.4. The average molecular weight is 386 g/mol. The lowest BCUT2D eigenvalue weighted by Crippen LogP contribution is -2.39. The lowest BCUT2D eigenvalue weighted by Gasteiger charge is -2.26. The fourth-order valence-electron chi connectivity index (χ4n) is 4.25. The first-order chi connectivity index (χ1) is 14.3. The SMILES string of the molecule is O=C(NCCC1CCCc2ccccc21)NC(c1ccccc1)c1cccnc1. The van der Waals surface area contributed by atoms with Gasteiger partial charge in [0.25, 0.3) is 0 Å². The minimum absolute atomic E-state index is 0.146. The van der Waals surface area contributed by atoms with Crippen molar-refractivity contribution in [3.63, 3.8) is 0 Å². The Morgan fingerprint density at radius 1 is 1.00 bits per heavy atom. The molecule has 0 bridgehead atoms. The van der Waals surface area contributed by atoms with Gasteiger partial charge in [0.05, 0.1) is 6.04 Å². The van der Waals surface area contributed by atoms with E-state index >= 15 is 0 Å². The highest BCUT2D eigenvalue weighted by Crippen LogP contribution is 2.33. The summed E-state index contributed by atoms with van der Waals surface area (Å²) in [4.78, 5) is 16.9. The van der Waals surface area contributed by atoms with E-state index < -0.39 is 0 Å². The van der Waals surface area contributed by atoms with Crippen LogP contribution >= 0.6 is 0 Å². The number of hydrogen-bond acceptors (Lipinski definition) is 2. The normalized spacial score (nSPS) is 16.5. The Morgan fingerprint density at radius 3 is 2.62 bits per heavy atom. The maximum atomic E-state index is 12.6.